The molecule has 0 saturated heterocycles. The molecule has 0 aliphatic heterocycles. The Morgan fingerprint density at radius 2 is 1.88 bits per heavy atom. The molecule has 3 aromatic rings. The third kappa shape index (κ3) is 4.87. The number of carbonyl (C=O) groups is 1. The monoisotopic (exact) mass is 495 g/mol. The van der Waals surface area contributed by atoms with E-state index in [0.717, 1.165) is 12.8 Å². The van der Waals surface area contributed by atoms with E-state index >= 15 is 0 Å². The van der Waals surface area contributed by atoms with Crippen molar-refractivity contribution in [2.45, 2.75) is 30.3 Å². The maximum atomic E-state index is 12.8. The fourth-order valence-corrected chi connectivity index (χ4v) is 4.50. The molecular formula is C22H19Cl2NO6S. The summed E-state index contributed by atoms with van der Waals surface area (Å²) in [6, 6.07) is 12.2. The Labute approximate surface area is 195 Å². The third-order valence-electron chi connectivity index (χ3n) is 4.94. The number of ether oxygens (including phenoxy) is 1. The van der Waals surface area contributed by atoms with Gasteiger partial charge in [0, 0.05) is 12.6 Å². The molecule has 1 aromatic heterocycles. The van der Waals surface area contributed by atoms with Crippen LogP contribution in [0.5, 0.6) is 11.5 Å². The first-order valence-electron chi connectivity index (χ1n) is 9.69. The van der Waals surface area contributed by atoms with Crippen LogP contribution in [0.1, 0.15) is 29.0 Å². The summed E-state index contributed by atoms with van der Waals surface area (Å²) >= 11 is 11.8. The van der Waals surface area contributed by atoms with E-state index in [9.17, 15) is 13.2 Å². The second-order valence-electron chi connectivity index (χ2n) is 7.24. The molecule has 10 heteroatoms. The summed E-state index contributed by atoms with van der Waals surface area (Å²) in [7, 11) is -2.80. The number of furan rings is 1. The summed E-state index contributed by atoms with van der Waals surface area (Å²) in [6.07, 6.45) is 3.25. The summed E-state index contributed by atoms with van der Waals surface area (Å²) in [6.45, 7) is 0.261. The summed E-state index contributed by atoms with van der Waals surface area (Å²) in [5, 5.41) is 0.320. The number of carbonyl (C=O) groups excluding carboxylic acids is 1. The topological polar surface area (TPSA) is 86.0 Å². The number of rotatable bonds is 8. The van der Waals surface area contributed by atoms with Gasteiger partial charge in [0.05, 0.1) is 23.4 Å². The molecule has 1 heterocycles. The van der Waals surface area contributed by atoms with Crippen molar-refractivity contribution in [3.05, 3.63) is 76.2 Å². The van der Waals surface area contributed by atoms with Crippen LogP contribution in [-0.4, -0.2) is 32.4 Å². The maximum absolute atomic E-state index is 12.8. The molecule has 0 atom stereocenters. The van der Waals surface area contributed by atoms with Crippen LogP contribution in [0.15, 0.2) is 64.1 Å². The lowest BCUT2D eigenvalue weighted by molar-refractivity contribution is 0.0697. The van der Waals surface area contributed by atoms with Crippen LogP contribution in [0.3, 0.4) is 0 Å². The van der Waals surface area contributed by atoms with E-state index in [4.69, 9.17) is 36.5 Å². The Morgan fingerprint density at radius 3 is 2.50 bits per heavy atom. The van der Waals surface area contributed by atoms with Gasteiger partial charge in [-0.05, 0) is 60.9 Å². The highest BCUT2D eigenvalue weighted by molar-refractivity contribution is 7.87. The Bertz CT molecular complexity index is 1240. The van der Waals surface area contributed by atoms with Crippen molar-refractivity contribution < 1.29 is 26.5 Å². The highest BCUT2D eigenvalue weighted by atomic mass is 35.5. The molecule has 1 amide bonds. The van der Waals surface area contributed by atoms with Gasteiger partial charge in [0.25, 0.3) is 5.91 Å². The van der Waals surface area contributed by atoms with Crippen molar-refractivity contribution in [2.75, 3.05) is 7.11 Å². The molecule has 2 aromatic carbocycles. The molecule has 1 fully saturated rings. The zero-order valence-corrected chi connectivity index (χ0v) is 19.3. The second kappa shape index (κ2) is 9.05. The van der Waals surface area contributed by atoms with Gasteiger partial charge < -0.3 is 18.2 Å². The lowest BCUT2D eigenvalue weighted by atomic mass is 10.1. The van der Waals surface area contributed by atoms with Gasteiger partial charge in [-0.2, -0.15) is 8.42 Å². The van der Waals surface area contributed by atoms with Crippen molar-refractivity contribution in [1.82, 2.24) is 4.90 Å². The summed E-state index contributed by atoms with van der Waals surface area (Å²) in [5.41, 5.74) is 0.678. The largest absolute Gasteiger partial charge is 0.493 e. The van der Waals surface area contributed by atoms with Crippen molar-refractivity contribution >= 4 is 39.2 Å². The van der Waals surface area contributed by atoms with E-state index in [0.29, 0.717) is 5.56 Å². The minimum absolute atomic E-state index is 0.00253. The Balaban J connectivity index is 1.61. The number of amides is 1. The van der Waals surface area contributed by atoms with Crippen LogP contribution >= 0.6 is 23.2 Å². The second-order valence-corrected chi connectivity index (χ2v) is 9.60. The van der Waals surface area contributed by atoms with E-state index in [1.165, 1.54) is 31.6 Å². The average Bonchev–Trinajstić information content (AvgIpc) is 3.45. The molecule has 4 rings (SSSR count). The SMILES string of the molecule is COc1ccc(CN(C(=O)c2ccco2)C2CC2)cc1OS(=O)(=O)c1ccc(Cl)c(Cl)c1. The molecular weight excluding hydrogens is 477 g/mol. The maximum Gasteiger partial charge on any atom is 0.339 e. The molecule has 0 N–H and O–H groups in total. The quantitative estimate of drug-likeness (QED) is 0.400. The molecule has 7 nitrogen and oxygen atoms in total. The number of hydrogen-bond donors (Lipinski definition) is 0. The molecule has 168 valence electrons. The standard InChI is InChI=1S/C22H19Cl2NO6S/c1-29-19-9-4-14(13-25(15-5-6-15)22(26)20-3-2-10-30-20)11-21(19)31-32(27,28)16-7-8-17(23)18(24)12-16/h2-4,7-12,15H,5-6,13H2,1H3. The van der Waals surface area contributed by atoms with Crippen molar-refractivity contribution in [1.29, 1.82) is 0 Å². The van der Waals surface area contributed by atoms with Crippen LogP contribution in [0, 0.1) is 0 Å². The van der Waals surface area contributed by atoms with E-state index in [1.54, 1.807) is 35.2 Å². The van der Waals surface area contributed by atoms with Crippen LogP contribution in [0.4, 0.5) is 0 Å². The van der Waals surface area contributed by atoms with Gasteiger partial charge in [0.1, 0.15) is 4.90 Å². The fourth-order valence-electron chi connectivity index (χ4n) is 3.17. The Morgan fingerprint density at radius 1 is 1.09 bits per heavy atom. The minimum atomic E-state index is -4.20. The lowest BCUT2D eigenvalue weighted by Gasteiger charge is -2.22. The first-order chi connectivity index (χ1) is 15.3. The van der Waals surface area contributed by atoms with Crippen LogP contribution < -0.4 is 8.92 Å². The molecule has 32 heavy (non-hydrogen) atoms. The molecule has 0 radical (unpaired) electrons. The van der Waals surface area contributed by atoms with Crippen LogP contribution in [0.2, 0.25) is 10.0 Å². The van der Waals surface area contributed by atoms with Gasteiger partial charge in [0.2, 0.25) is 0 Å². The first-order valence-corrected chi connectivity index (χ1v) is 11.9. The lowest BCUT2D eigenvalue weighted by Crippen LogP contribution is -2.32. The van der Waals surface area contributed by atoms with Gasteiger partial charge in [-0.15, -0.1) is 0 Å². The highest BCUT2D eigenvalue weighted by Gasteiger charge is 2.34. The number of hydrogen-bond acceptors (Lipinski definition) is 6. The van der Waals surface area contributed by atoms with Gasteiger partial charge in [0.15, 0.2) is 17.3 Å². The van der Waals surface area contributed by atoms with Gasteiger partial charge in [-0.3, -0.25) is 4.79 Å². The minimum Gasteiger partial charge on any atom is -0.493 e. The van der Waals surface area contributed by atoms with Crippen molar-refractivity contribution in [3.63, 3.8) is 0 Å². The van der Waals surface area contributed by atoms with Gasteiger partial charge in [-0.1, -0.05) is 29.3 Å². The zero-order valence-electron chi connectivity index (χ0n) is 17.0. The predicted molar refractivity (Wildman–Crippen MR) is 119 cm³/mol. The number of halogens is 2. The van der Waals surface area contributed by atoms with Gasteiger partial charge >= 0.3 is 10.1 Å². The van der Waals surface area contributed by atoms with Crippen molar-refractivity contribution in [3.8, 4) is 11.5 Å². The molecule has 0 spiro atoms. The summed E-state index contributed by atoms with van der Waals surface area (Å²) in [5.74, 6) is 0.258. The summed E-state index contributed by atoms with van der Waals surface area (Å²) in [4.78, 5) is 14.4. The molecule has 1 aliphatic rings. The zero-order chi connectivity index (χ0) is 22.9. The van der Waals surface area contributed by atoms with E-state index in [1.807, 2.05) is 0 Å². The number of methoxy groups -OCH3 is 1. The molecule has 0 unspecified atom stereocenters. The smallest absolute Gasteiger partial charge is 0.339 e. The summed E-state index contributed by atoms with van der Waals surface area (Å²) < 4.78 is 41.5. The fraction of sp³-hybridized carbons (Fsp3) is 0.227. The van der Waals surface area contributed by atoms with Crippen LogP contribution in [-0.2, 0) is 16.7 Å². The Hall–Kier alpha value is -2.68. The normalized spacial score (nSPS) is 13.6. The Kier molecular flexibility index (Phi) is 6.37. The van der Waals surface area contributed by atoms with E-state index in [-0.39, 0.29) is 50.7 Å². The third-order valence-corrected chi connectivity index (χ3v) is 6.91. The predicted octanol–water partition coefficient (Wildman–Crippen LogP) is 5.17. The number of benzene rings is 2. The molecule has 0 bridgehead atoms. The first kappa shape index (κ1) is 22.5. The number of nitrogens with zero attached hydrogens (tertiary/aromatic N) is 1. The van der Waals surface area contributed by atoms with Gasteiger partial charge in [-0.25, -0.2) is 0 Å². The molecule has 1 saturated carbocycles. The molecule has 1 aliphatic carbocycles. The average molecular weight is 496 g/mol. The van der Waals surface area contributed by atoms with Crippen molar-refractivity contribution in [2.24, 2.45) is 0 Å². The van der Waals surface area contributed by atoms with E-state index < -0.39 is 10.1 Å². The van der Waals surface area contributed by atoms with E-state index in [2.05, 4.69) is 0 Å². The highest BCUT2D eigenvalue weighted by Crippen LogP contribution is 2.35. The van der Waals surface area contributed by atoms with Crippen LogP contribution in [0.25, 0.3) is 0 Å².